The van der Waals surface area contributed by atoms with Crippen molar-refractivity contribution in [3.63, 3.8) is 0 Å². The number of pyridine rings is 1. The summed E-state index contributed by atoms with van der Waals surface area (Å²) in [5.41, 5.74) is 7.57. The highest BCUT2D eigenvalue weighted by atomic mass is 35.5. The number of hydrogen-bond acceptors (Lipinski definition) is 4. The lowest BCUT2D eigenvalue weighted by molar-refractivity contribution is -0.906. The fourth-order valence-electron chi connectivity index (χ4n) is 4.35. The fourth-order valence-corrected chi connectivity index (χ4v) is 4.56. The molecular formula is C19H25ClN5O+. The minimum Gasteiger partial charge on any atom is -0.397 e. The van der Waals surface area contributed by atoms with Crippen LogP contribution in [0.3, 0.4) is 0 Å². The smallest absolute Gasteiger partial charge is 0.253 e. The van der Waals surface area contributed by atoms with Gasteiger partial charge >= 0.3 is 0 Å². The lowest BCUT2D eigenvalue weighted by atomic mass is 10.1. The number of rotatable bonds is 3. The van der Waals surface area contributed by atoms with Gasteiger partial charge in [-0.05, 0) is 18.2 Å². The van der Waals surface area contributed by atoms with E-state index in [0.29, 0.717) is 45.7 Å². The van der Waals surface area contributed by atoms with Gasteiger partial charge in [-0.25, -0.2) is 0 Å². The molecule has 1 amide bonds. The SMILES string of the molecule is C[C@@H]1CN2CC[NH+](CC2CNC(=O)c2cc(Cl)c(N)c3cccnc23)C1. The van der Waals surface area contributed by atoms with Gasteiger partial charge in [0.1, 0.15) is 0 Å². The number of nitrogens with two attached hydrogens (primary N) is 1. The number of anilines is 1. The molecule has 0 saturated carbocycles. The second-order valence-corrected chi connectivity index (χ2v) is 8.00. The minimum atomic E-state index is -0.144. The number of halogens is 1. The van der Waals surface area contributed by atoms with Crippen LogP contribution in [0, 0.1) is 5.92 Å². The Morgan fingerprint density at radius 1 is 1.50 bits per heavy atom. The topological polar surface area (TPSA) is 75.7 Å². The number of quaternary nitrogens is 1. The van der Waals surface area contributed by atoms with Crippen LogP contribution < -0.4 is 16.0 Å². The summed E-state index contributed by atoms with van der Waals surface area (Å²) in [5, 5.41) is 4.20. The average Bonchev–Trinajstić information content (AvgIpc) is 2.91. The van der Waals surface area contributed by atoms with Crippen LogP contribution in [0.5, 0.6) is 0 Å². The standard InChI is InChI=1S/C19H24ClN5O/c1-12-9-24-5-6-25(10-12)13(11-24)8-23-19(26)15-7-16(20)17(21)14-3-2-4-22-18(14)15/h2-4,7,12-13H,5-6,8-11,21H2,1H3,(H,23,26)/p+1/t12-,13?/m0/s1. The van der Waals surface area contributed by atoms with E-state index in [1.165, 1.54) is 13.1 Å². The molecule has 3 aliphatic rings. The molecule has 0 aliphatic carbocycles. The molecule has 0 radical (unpaired) electrons. The number of aromatic nitrogens is 1. The van der Waals surface area contributed by atoms with Gasteiger partial charge in [-0.15, -0.1) is 0 Å². The molecule has 7 heteroatoms. The Balaban J connectivity index is 1.53. The highest BCUT2D eigenvalue weighted by Gasteiger charge is 2.35. The van der Waals surface area contributed by atoms with Crippen LogP contribution in [0.4, 0.5) is 5.69 Å². The van der Waals surface area contributed by atoms with E-state index in [-0.39, 0.29) is 5.91 Å². The molecule has 3 saturated heterocycles. The average molecular weight is 375 g/mol. The van der Waals surface area contributed by atoms with E-state index >= 15 is 0 Å². The molecule has 138 valence electrons. The predicted molar refractivity (Wildman–Crippen MR) is 104 cm³/mol. The Bertz CT molecular complexity index is 842. The molecule has 0 spiro atoms. The quantitative estimate of drug-likeness (QED) is 0.681. The van der Waals surface area contributed by atoms with Gasteiger partial charge in [-0.1, -0.05) is 18.5 Å². The van der Waals surface area contributed by atoms with Crippen LogP contribution in [-0.4, -0.2) is 61.1 Å². The molecule has 6 nitrogen and oxygen atoms in total. The molecule has 2 aromatic rings. The van der Waals surface area contributed by atoms with E-state index < -0.39 is 0 Å². The number of nitrogen functional groups attached to an aromatic ring is 1. The van der Waals surface area contributed by atoms with Gasteiger partial charge in [0, 0.05) is 37.1 Å². The maximum Gasteiger partial charge on any atom is 0.253 e. The second-order valence-electron chi connectivity index (χ2n) is 7.59. The lowest BCUT2D eigenvalue weighted by Crippen LogP contribution is -3.15. The van der Waals surface area contributed by atoms with Gasteiger partial charge in [-0.2, -0.15) is 0 Å². The first kappa shape index (κ1) is 17.5. The Labute approximate surface area is 158 Å². The summed E-state index contributed by atoms with van der Waals surface area (Å²) in [6.07, 6.45) is 1.67. The zero-order chi connectivity index (χ0) is 18.3. The van der Waals surface area contributed by atoms with Crippen molar-refractivity contribution in [3.8, 4) is 0 Å². The third-order valence-electron chi connectivity index (χ3n) is 5.60. The first-order valence-electron chi connectivity index (χ1n) is 9.21. The molecule has 5 rings (SSSR count). The van der Waals surface area contributed by atoms with Crippen molar-refractivity contribution in [2.45, 2.75) is 13.0 Å². The molecule has 3 fully saturated rings. The summed E-state index contributed by atoms with van der Waals surface area (Å²) in [5.74, 6) is 0.562. The molecule has 1 aromatic heterocycles. The molecule has 3 unspecified atom stereocenters. The molecule has 4 N–H and O–H groups in total. The van der Waals surface area contributed by atoms with Crippen molar-refractivity contribution in [3.05, 3.63) is 35.0 Å². The summed E-state index contributed by atoms with van der Waals surface area (Å²) < 4.78 is 0. The molecule has 3 aliphatic heterocycles. The maximum atomic E-state index is 12.8. The number of amides is 1. The van der Waals surface area contributed by atoms with Crippen molar-refractivity contribution in [2.24, 2.45) is 5.92 Å². The molecule has 4 heterocycles. The van der Waals surface area contributed by atoms with E-state index in [4.69, 9.17) is 17.3 Å². The summed E-state index contributed by atoms with van der Waals surface area (Å²) in [6.45, 7) is 8.70. The third-order valence-corrected chi connectivity index (χ3v) is 5.91. The van der Waals surface area contributed by atoms with Gasteiger partial charge in [0.15, 0.2) is 0 Å². The van der Waals surface area contributed by atoms with Gasteiger partial charge < -0.3 is 16.0 Å². The van der Waals surface area contributed by atoms with Gasteiger partial charge in [0.05, 0.1) is 47.5 Å². The van der Waals surface area contributed by atoms with Crippen molar-refractivity contribution < 1.29 is 9.69 Å². The van der Waals surface area contributed by atoms with Crippen LogP contribution in [0.25, 0.3) is 10.9 Å². The van der Waals surface area contributed by atoms with Crippen LogP contribution in [0.2, 0.25) is 5.02 Å². The Hall–Kier alpha value is -1.89. The number of benzene rings is 1. The summed E-state index contributed by atoms with van der Waals surface area (Å²) >= 11 is 6.23. The lowest BCUT2D eigenvalue weighted by Gasteiger charge is -2.35. The van der Waals surface area contributed by atoms with Crippen LogP contribution in [0.1, 0.15) is 17.3 Å². The summed E-state index contributed by atoms with van der Waals surface area (Å²) in [6, 6.07) is 5.65. The number of piperazine rings is 1. The van der Waals surface area contributed by atoms with Crippen LogP contribution in [-0.2, 0) is 0 Å². The fraction of sp³-hybridized carbons (Fsp3) is 0.474. The number of nitrogens with zero attached hydrogens (tertiary/aromatic N) is 2. The maximum absolute atomic E-state index is 12.8. The number of hydrogen-bond donors (Lipinski definition) is 3. The largest absolute Gasteiger partial charge is 0.397 e. The molecule has 1 aromatic carbocycles. The van der Waals surface area contributed by atoms with E-state index in [1.54, 1.807) is 23.2 Å². The van der Waals surface area contributed by atoms with Gasteiger partial charge in [0.2, 0.25) is 0 Å². The normalized spacial score (nSPS) is 28.1. The molecular weight excluding hydrogens is 350 g/mol. The predicted octanol–water partition coefficient (Wildman–Crippen LogP) is 0.419. The minimum absolute atomic E-state index is 0.144. The Morgan fingerprint density at radius 2 is 2.35 bits per heavy atom. The number of carbonyl (C=O) groups excluding carboxylic acids is 1. The monoisotopic (exact) mass is 374 g/mol. The molecule has 2 bridgehead atoms. The zero-order valence-electron chi connectivity index (χ0n) is 15.0. The Morgan fingerprint density at radius 3 is 3.19 bits per heavy atom. The van der Waals surface area contributed by atoms with Crippen molar-refractivity contribution in [1.82, 2.24) is 15.2 Å². The highest BCUT2D eigenvalue weighted by molar-refractivity contribution is 6.35. The van der Waals surface area contributed by atoms with Gasteiger partial charge in [-0.3, -0.25) is 14.7 Å². The number of nitrogens with one attached hydrogen (secondary N) is 2. The van der Waals surface area contributed by atoms with Crippen molar-refractivity contribution >= 4 is 34.1 Å². The molecule has 26 heavy (non-hydrogen) atoms. The number of fused-ring (bicyclic) bond motifs is 5. The van der Waals surface area contributed by atoms with E-state index in [9.17, 15) is 4.79 Å². The van der Waals surface area contributed by atoms with Crippen LogP contribution in [0.15, 0.2) is 24.4 Å². The van der Waals surface area contributed by atoms with E-state index in [1.807, 2.05) is 6.07 Å². The first-order chi connectivity index (χ1) is 12.5. The third kappa shape index (κ3) is 3.24. The van der Waals surface area contributed by atoms with Gasteiger partial charge in [0.25, 0.3) is 5.91 Å². The van der Waals surface area contributed by atoms with E-state index in [2.05, 4.69) is 22.1 Å². The Kier molecular flexibility index (Phi) is 4.73. The van der Waals surface area contributed by atoms with Crippen molar-refractivity contribution in [2.75, 3.05) is 45.0 Å². The van der Waals surface area contributed by atoms with Crippen molar-refractivity contribution in [1.29, 1.82) is 0 Å². The zero-order valence-corrected chi connectivity index (χ0v) is 15.7. The second kappa shape index (κ2) is 7.02. The first-order valence-corrected chi connectivity index (χ1v) is 9.59. The number of carbonyl (C=O) groups is 1. The molecule has 4 atom stereocenters. The van der Waals surface area contributed by atoms with Crippen LogP contribution >= 0.6 is 11.6 Å². The highest BCUT2D eigenvalue weighted by Crippen LogP contribution is 2.30. The summed E-state index contributed by atoms with van der Waals surface area (Å²) in [7, 11) is 0. The summed E-state index contributed by atoms with van der Waals surface area (Å²) in [4.78, 5) is 21.4. The van der Waals surface area contributed by atoms with E-state index in [0.717, 1.165) is 19.6 Å².